The molecule has 0 aliphatic carbocycles. The molecule has 10 heteroatoms. The summed E-state index contributed by atoms with van der Waals surface area (Å²) in [6.07, 6.45) is 0. The zero-order chi connectivity index (χ0) is 21.1. The van der Waals surface area contributed by atoms with Crippen LogP contribution in [-0.2, 0) is 4.79 Å². The first-order valence-electron chi connectivity index (χ1n) is 8.27. The van der Waals surface area contributed by atoms with E-state index in [1.165, 1.54) is 37.4 Å². The maximum Gasteiger partial charge on any atom is 0.336 e. The number of rotatable bonds is 6. The van der Waals surface area contributed by atoms with Crippen LogP contribution >= 0.6 is 11.6 Å². The first-order chi connectivity index (χ1) is 13.8. The number of nitrogens with one attached hydrogen (secondary N) is 1. The molecule has 0 aliphatic heterocycles. The number of carbonyl (C=O) groups excluding carboxylic acids is 1. The van der Waals surface area contributed by atoms with Gasteiger partial charge in [0, 0.05) is 29.7 Å². The average molecular weight is 419 g/mol. The van der Waals surface area contributed by atoms with Crippen molar-refractivity contribution in [2.75, 3.05) is 19.0 Å². The van der Waals surface area contributed by atoms with Gasteiger partial charge in [0.1, 0.15) is 17.1 Å². The number of benzene rings is 2. The molecule has 0 aliphatic rings. The minimum absolute atomic E-state index is 0.126. The van der Waals surface area contributed by atoms with Crippen LogP contribution in [0.4, 0.5) is 11.4 Å². The van der Waals surface area contributed by atoms with Gasteiger partial charge in [-0.3, -0.25) is 14.9 Å². The van der Waals surface area contributed by atoms with Gasteiger partial charge in [-0.05, 0) is 24.6 Å². The summed E-state index contributed by atoms with van der Waals surface area (Å²) in [5, 5.41) is 14.3. The van der Waals surface area contributed by atoms with Crippen molar-refractivity contribution < 1.29 is 23.6 Å². The molecule has 150 valence electrons. The fourth-order valence-corrected chi connectivity index (χ4v) is 2.89. The lowest BCUT2D eigenvalue weighted by Crippen LogP contribution is -2.20. The molecule has 0 unspecified atom stereocenters. The summed E-state index contributed by atoms with van der Waals surface area (Å²) in [5.74, 6) is -0.190. The van der Waals surface area contributed by atoms with E-state index in [-0.39, 0.29) is 33.5 Å². The lowest BCUT2D eigenvalue weighted by Gasteiger charge is -2.12. The Hall–Kier alpha value is -3.59. The number of non-ortho nitro benzene ring substituents is 1. The van der Waals surface area contributed by atoms with Crippen LogP contribution in [0.2, 0.25) is 5.02 Å². The van der Waals surface area contributed by atoms with Gasteiger partial charge in [0.2, 0.25) is 0 Å². The SMILES string of the molecule is COc1ccc([N+](=O)[O-])cc1NC(=O)COc1cc2oc(=O)cc(C)c2cc1Cl. The highest BCUT2D eigenvalue weighted by Gasteiger charge is 2.15. The Morgan fingerprint density at radius 2 is 2.00 bits per heavy atom. The summed E-state index contributed by atoms with van der Waals surface area (Å²) < 4.78 is 15.7. The van der Waals surface area contributed by atoms with Gasteiger partial charge in [0.15, 0.2) is 6.61 Å². The van der Waals surface area contributed by atoms with E-state index in [1.807, 2.05) is 0 Å². The van der Waals surface area contributed by atoms with Gasteiger partial charge in [-0.1, -0.05) is 11.6 Å². The molecule has 0 spiro atoms. The van der Waals surface area contributed by atoms with Gasteiger partial charge in [0.25, 0.3) is 11.6 Å². The molecule has 0 atom stereocenters. The molecule has 3 rings (SSSR count). The van der Waals surface area contributed by atoms with Gasteiger partial charge in [-0.25, -0.2) is 4.79 Å². The third-order valence-electron chi connectivity index (χ3n) is 4.03. The molecule has 0 saturated heterocycles. The van der Waals surface area contributed by atoms with Crippen molar-refractivity contribution in [2.24, 2.45) is 0 Å². The third kappa shape index (κ3) is 4.46. The zero-order valence-electron chi connectivity index (χ0n) is 15.4. The van der Waals surface area contributed by atoms with Gasteiger partial charge >= 0.3 is 5.63 Å². The van der Waals surface area contributed by atoms with Crippen molar-refractivity contribution in [3.8, 4) is 11.5 Å². The highest BCUT2D eigenvalue weighted by atomic mass is 35.5. The molecule has 9 nitrogen and oxygen atoms in total. The van der Waals surface area contributed by atoms with Crippen LogP contribution in [0.3, 0.4) is 0 Å². The summed E-state index contributed by atoms with van der Waals surface area (Å²) in [7, 11) is 1.37. The highest BCUT2D eigenvalue weighted by molar-refractivity contribution is 6.32. The first-order valence-corrected chi connectivity index (χ1v) is 8.65. The molecule has 0 fully saturated rings. The Kier molecular flexibility index (Phi) is 5.69. The monoisotopic (exact) mass is 418 g/mol. The molecular weight excluding hydrogens is 404 g/mol. The number of aryl methyl sites for hydroxylation is 1. The number of carbonyl (C=O) groups is 1. The summed E-state index contributed by atoms with van der Waals surface area (Å²) in [6, 6.07) is 8.16. The van der Waals surface area contributed by atoms with E-state index < -0.39 is 23.1 Å². The van der Waals surface area contributed by atoms with Crippen molar-refractivity contribution in [3.05, 3.63) is 67.5 Å². The van der Waals surface area contributed by atoms with Crippen LogP contribution < -0.4 is 20.4 Å². The van der Waals surface area contributed by atoms with E-state index in [2.05, 4.69) is 5.32 Å². The second-order valence-corrected chi connectivity index (χ2v) is 6.41. The summed E-state index contributed by atoms with van der Waals surface area (Å²) in [5.41, 5.74) is 0.376. The number of nitrogens with zero attached hydrogens (tertiary/aromatic N) is 1. The quantitative estimate of drug-likeness (QED) is 0.368. The number of anilines is 1. The Bertz CT molecular complexity index is 1170. The molecule has 3 aromatic rings. The summed E-state index contributed by atoms with van der Waals surface area (Å²) in [6.45, 7) is 1.31. The minimum atomic E-state index is -0.592. The van der Waals surface area contributed by atoms with Crippen LogP contribution in [0.15, 0.2) is 45.6 Å². The second kappa shape index (κ2) is 8.19. The van der Waals surface area contributed by atoms with E-state index in [0.29, 0.717) is 10.9 Å². The van der Waals surface area contributed by atoms with Gasteiger partial charge in [-0.2, -0.15) is 0 Å². The predicted molar refractivity (Wildman–Crippen MR) is 106 cm³/mol. The largest absolute Gasteiger partial charge is 0.495 e. The van der Waals surface area contributed by atoms with E-state index in [4.69, 9.17) is 25.5 Å². The number of hydrogen-bond donors (Lipinski definition) is 1. The zero-order valence-corrected chi connectivity index (χ0v) is 16.1. The smallest absolute Gasteiger partial charge is 0.336 e. The lowest BCUT2D eigenvalue weighted by atomic mass is 10.1. The number of hydrogen-bond acceptors (Lipinski definition) is 7. The molecule has 1 heterocycles. The third-order valence-corrected chi connectivity index (χ3v) is 4.33. The van der Waals surface area contributed by atoms with E-state index >= 15 is 0 Å². The van der Waals surface area contributed by atoms with Crippen molar-refractivity contribution in [1.29, 1.82) is 0 Å². The maximum atomic E-state index is 12.2. The Morgan fingerprint density at radius 1 is 1.24 bits per heavy atom. The molecule has 1 N–H and O–H groups in total. The topological polar surface area (TPSA) is 121 Å². The first kappa shape index (κ1) is 20.2. The van der Waals surface area contributed by atoms with Crippen molar-refractivity contribution in [3.63, 3.8) is 0 Å². The number of halogens is 1. The van der Waals surface area contributed by atoms with Crippen molar-refractivity contribution in [2.45, 2.75) is 6.92 Å². The molecule has 29 heavy (non-hydrogen) atoms. The highest BCUT2D eigenvalue weighted by Crippen LogP contribution is 2.31. The molecule has 2 aromatic carbocycles. The van der Waals surface area contributed by atoms with Crippen LogP contribution in [-0.4, -0.2) is 24.5 Å². The Labute approximate surface area is 168 Å². The molecule has 1 amide bonds. The number of nitro groups is 1. The van der Waals surface area contributed by atoms with Crippen LogP contribution in [0.1, 0.15) is 5.56 Å². The number of ether oxygens (including phenoxy) is 2. The standard InChI is InChI=1S/C19H15ClN2O7/c1-10-5-19(24)29-16-8-17(13(20)7-12(10)16)28-9-18(23)21-14-6-11(22(25)26)3-4-15(14)27-2/h3-8H,9H2,1-2H3,(H,21,23). The predicted octanol–water partition coefficient (Wildman–Crippen LogP) is 3.69. The van der Waals surface area contributed by atoms with E-state index in [1.54, 1.807) is 13.0 Å². The molecule has 0 radical (unpaired) electrons. The number of amides is 1. The summed E-state index contributed by atoms with van der Waals surface area (Å²) >= 11 is 6.19. The van der Waals surface area contributed by atoms with E-state index in [9.17, 15) is 19.7 Å². The second-order valence-electron chi connectivity index (χ2n) is 6.01. The number of fused-ring (bicyclic) bond motifs is 1. The van der Waals surface area contributed by atoms with Gasteiger partial charge in [0.05, 0.1) is 22.7 Å². The lowest BCUT2D eigenvalue weighted by molar-refractivity contribution is -0.384. The fraction of sp³-hybridized carbons (Fsp3) is 0.158. The van der Waals surface area contributed by atoms with Gasteiger partial charge in [-0.15, -0.1) is 0 Å². The Morgan fingerprint density at radius 3 is 2.69 bits per heavy atom. The van der Waals surface area contributed by atoms with Crippen molar-refractivity contribution >= 4 is 39.9 Å². The van der Waals surface area contributed by atoms with Crippen LogP contribution in [0.5, 0.6) is 11.5 Å². The molecule has 0 saturated carbocycles. The normalized spacial score (nSPS) is 10.6. The minimum Gasteiger partial charge on any atom is -0.495 e. The summed E-state index contributed by atoms with van der Waals surface area (Å²) in [4.78, 5) is 34.1. The van der Waals surface area contributed by atoms with Crippen LogP contribution in [0, 0.1) is 17.0 Å². The van der Waals surface area contributed by atoms with Gasteiger partial charge < -0.3 is 19.2 Å². The van der Waals surface area contributed by atoms with Crippen LogP contribution in [0.25, 0.3) is 11.0 Å². The van der Waals surface area contributed by atoms with E-state index in [0.717, 1.165) is 0 Å². The maximum absolute atomic E-state index is 12.2. The Balaban J connectivity index is 1.78. The number of nitro benzene ring substituents is 1. The molecule has 0 bridgehead atoms. The number of methoxy groups -OCH3 is 1. The molecular formula is C19H15ClN2O7. The average Bonchev–Trinajstić information content (AvgIpc) is 2.67. The fourth-order valence-electron chi connectivity index (χ4n) is 2.67. The molecule has 1 aromatic heterocycles. The van der Waals surface area contributed by atoms with Crippen molar-refractivity contribution in [1.82, 2.24) is 0 Å².